The van der Waals surface area contributed by atoms with E-state index in [1.807, 2.05) is 0 Å². The van der Waals surface area contributed by atoms with Crippen LogP contribution in [0, 0.1) is 5.82 Å². The molecule has 1 aromatic carbocycles. The Labute approximate surface area is 135 Å². The fourth-order valence-electron chi connectivity index (χ4n) is 1.85. The Morgan fingerprint density at radius 2 is 2.05 bits per heavy atom. The van der Waals surface area contributed by atoms with Crippen LogP contribution in [0.2, 0.25) is 10.0 Å². The summed E-state index contributed by atoms with van der Waals surface area (Å²) in [4.78, 5) is 36.3. The van der Waals surface area contributed by atoms with E-state index in [0.29, 0.717) is 6.54 Å². The van der Waals surface area contributed by atoms with Crippen molar-refractivity contribution in [3.8, 4) is 0 Å². The number of nitrogens with zero attached hydrogens (tertiary/aromatic N) is 1. The van der Waals surface area contributed by atoms with Crippen molar-refractivity contribution in [2.45, 2.75) is 13.0 Å². The summed E-state index contributed by atoms with van der Waals surface area (Å²) in [6.45, 7) is 1.83. The first kappa shape index (κ1) is 16.5. The third kappa shape index (κ3) is 3.31. The second kappa shape index (κ2) is 6.50. The third-order valence-corrected chi connectivity index (χ3v) is 3.59. The van der Waals surface area contributed by atoms with Gasteiger partial charge >= 0.3 is 12.0 Å². The zero-order valence-corrected chi connectivity index (χ0v) is 12.9. The number of urea groups is 1. The van der Waals surface area contributed by atoms with Crippen LogP contribution < -0.4 is 5.32 Å². The molecule has 2 rings (SSSR count). The topological polar surface area (TPSA) is 75.7 Å². The minimum atomic E-state index is -1.22. The van der Waals surface area contributed by atoms with Crippen LogP contribution in [0.3, 0.4) is 0 Å². The predicted octanol–water partition coefficient (Wildman–Crippen LogP) is 2.23. The van der Waals surface area contributed by atoms with Crippen LogP contribution >= 0.6 is 23.2 Å². The predicted molar refractivity (Wildman–Crippen MR) is 76.4 cm³/mol. The molecular weight excluding hydrogens is 338 g/mol. The Morgan fingerprint density at radius 3 is 2.64 bits per heavy atom. The number of nitrogens with one attached hydrogen (secondary N) is 1. The Bertz CT molecular complexity index is 653. The van der Waals surface area contributed by atoms with Crippen molar-refractivity contribution in [1.29, 1.82) is 0 Å². The molecule has 118 valence electrons. The highest BCUT2D eigenvalue weighted by molar-refractivity contribution is 6.36. The van der Waals surface area contributed by atoms with E-state index in [-0.39, 0.29) is 22.2 Å². The van der Waals surface area contributed by atoms with Gasteiger partial charge in [-0.2, -0.15) is 0 Å². The van der Waals surface area contributed by atoms with Gasteiger partial charge in [-0.25, -0.2) is 14.0 Å². The molecule has 1 N–H and O–H groups in total. The molecule has 1 fully saturated rings. The van der Waals surface area contributed by atoms with Crippen LogP contribution in [-0.2, 0) is 9.53 Å². The standard InChI is InChI=1S/C13H11Cl2FN2O4/c1-6(11(19)18-3-2-17-13(18)21)22-12(20)7-4-10(16)9(15)5-8(7)14/h4-6H,2-3H2,1H3,(H,17,21). The van der Waals surface area contributed by atoms with Crippen molar-refractivity contribution in [2.75, 3.05) is 13.1 Å². The lowest BCUT2D eigenvalue weighted by Gasteiger charge is -2.18. The Balaban J connectivity index is 2.10. The quantitative estimate of drug-likeness (QED) is 0.671. The number of ether oxygens (including phenoxy) is 1. The van der Waals surface area contributed by atoms with Crippen molar-refractivity contribution in [3.05, 3.63) is 33.6 Å². The van der Waals surface area contributed by atoms with Crippen molar-refractivity contribution >= 4 is 41.1 Å². The summed E-state index contributed by atoms with van der Waals surface area (Å²) >= 11 is 11.3. The Hall–Kier alpha value is -1.86. The largest absolute Gasteiger partial charge is 0.449 e. The molecule has 0 radical (unpaired) electrons. The SMILES string of the molecule is CC(OC(=O)c1cc(F)c(Cl)cc1Cl)C(=O)N1CCNC1=O. The first-order valence-electron chi connectivity index (χ1n) is 6.26. The summed E-state index contributed by atoms with van der Waals surface area (Å²) in [6.07, 6.45) is -1.22. The smallest absolute Gasteiger partial charge is 0.340 e. The second-order valence-electron chi connectivity index (χ2n) is 4.52. The second-order valence-corrected chi connectivity index (χ2v) is 5.33. The molecule has 3 amide bonds. The maximum absolute atomic E-state index is 13.4. The van der Waals surface area contributed by atoms with E-state index in [2.05, 4.69) is 5.32 Å². The van der Waals surface area contributed by atoms with E-state index in [1.54, 1.807) is 0 Å². The van der Waals surface area contributed by atoms with Crippen LogP contribution in [-0.4, -0.2) is 42.0 Å². The summed E-state index contributed by atoms with van der Waals surface area (Å²) in [5.74, 6) is -2.49. The van der Waals surface area contributed by atoms with Gasteiger partial charge in [-0.1, -0.05) is 23.2 Å². The van der Waals surface area contributed by atoms with Gasteiger partial charge in [0.1, 0.15) is 5.82 Å². The highest BCUT2D eigenvalue weighted by atomic mass is 35.5. The van der Waals surface area contributed by atoms with Gasteiger partial charge in [0.05, 0.1) is 15.6 Å². The number of carbonyl (C=O) groups excluding carboxylic acids is 3. The minimum Gasteiger partial charge on any atom is -0.449 e. The highest BCUT2D eigenvalue weighted by Gasteiger charge is 2.32. The van der Waals surface area contributed by atoms with E-state index in [1.165, 1.54) is 6.92 Å². The summed E-state index contributed by atoms with van der Waals surface area (Å²) < 4.78 is 18.3. The van der Waals surface area contributed by atoms with Gasteiger partial charge in [-0.05, 0) is 19.1 Å². The number of rotatable bonds is 3. The maximum Gasteiger partial charge on any atom is 0.340 e. The zero-order valence-electron chi connectivity index (χ0n) is 11.4. The highest BCUT2D eigenvalue weighted by Crippen LogP contribution is 2.25. The average molecular weight is 349 g/mol. The molecule has 9 heteroatoms. The number of carbonyl (C=O) groups is 3. The monoisotopic (exact) mass is 348 g/mol. The number of hydrogen-bond donors (Lipinski definition) is 1. The van der Waals surface area contributed by atoms with Crippen LogP contribution in [0.1, 0.15) is 17.3 Å². The molecule has 6 nitrogen and oxygen atoms in total. The van der Waals surface area contributed by atoms with Gasteiger partial charge in [0.2, 0.25) is 0 Å². The van der Waals surface area contributed by atoms with Crippen molar-refractivity contribution in [2.24, 2.45) is 0 Å². The first-order valence-corrected chi connectivity index (χ1v) is 7.01. The fraction of sp³-hybridized carbons (Fsp3) is 0.308. The molecule has 1 aliphatic rings. The van der Waals surface area contributed by atoms with Crippen LogP contribution in [0.5, 0.6) is 0 Å². The molecule has 1 atom stereocenters. The molecule has 0 bridgehead atoms. The summed E-state index contributed by atoms with van der Waals surface area (Å²) in [6, 6.07) is 1.34. The van der Waals surface area contributed by atoms with Gasteiger partial charge in [0, 0.05) is 13.1 Å². The van der Waals surface area contributed by atoms with Gasteiger partial charge < -0.3 is 10.1 Å². The lowest BCUT2D eigenvalue weighted by Crippen LogP contribution is -2.41. The van der Waals surface area contributed by atoms with E-state index < -0.39 is 29.8 Å². The number of hydrogen-bond acceptors (Lipinski definition) is 4. The minimum absolute atomic E-state index is 0.102. The number of amides is 3. The molecule has 1 aromatic rings. The van der Waals surface area contributed by atoms with Crippen LogP contribution in [0.25, 0.3) is 0 Å². The molecule has 1 unspecified atom stereocenters. The Morgan fingerprint density at radius 1 is 1.36 bits per heavy atom. The normalized spacial score (nSPS) is 15.5. The Kier molecular flexibility index (Phi) is 4.87. The third-order valence-electron chi connectivity index (χ3n) is 2.98. The van der Waals surface area contributed by atoms with Crippen molar-refractivity contribution in [3.63, 3.8) is 0 Å². The van der Waals surface area contributed by atoms with Gasteiger partial charge in [0.15, 0.2) is 6.10 Å². The number of benzene rings is 1. The van der Waals surface area contributed by atoms with E-state index in [9.17, 15) is 18.8 Å². The molecule has 1 heterocycles. The zero-order chi connectivity index (χ0) is 16.4. The maximum atomic E-state index is 13.4. The lowest BCUT2D eigenvalue weighted by atomic mass is 10.2. The van der Waals surface area contributed by atoms with Crippen LogP contribution in [0.15, 0.2) is 12.1 Å². The molecule has 1 aliphatic heterocycles. The lowest BCUT2D eigenvalue weighted by molar-refractivity contribution is -0.136. The molecule has 1 saturated heterocycles. The molecule has 0 aliphatic carbocycles. The van der Waals surface area contributed by atoms with Crippen LogP contribution in [0.4, 0.5) is 9.18 Å². The van der Waals surface area contributed by atoms with Crippen molar-refractivity contribution in [1.82, 2.24) is 10.2 Å². The molecule has 22 heavy (non-hydrogen) atoms. The number of halogens is 3. The number of imide groups is 1. The van der Waals surface area contributed by atoms with Gasteiger partial charge in [-0.3, -0.25) is 9.69 Å². The van der Waals surface area contributed by atoms with E-state index in [0.717, 1.165) is 17.0 Å². The van der Waals surface area contributed by atoms with Crippen molar-refractivity contribution < 1.29 is 23.5 Å². The molecular formula is C13H11Cl2FN2O4. The molecule has 0 spiro atoms. The van der Waals surface area contributed by atoms with E-state index >= 15 is 0 Å². The van der Waals surface area contributed by atoms with E-state index in [4.69, 9.17) is 27.9 Å². The van der Waals surface area contributed by atoms with Gasteiger partial charge in [0.25, 0.3) is 5.91 Å². The molecule has 0 aromatic heterocycles. The fourth-order valence-corrected chi connectivity index (χ4v) is 2.32. The summed E-state index contributed by atoms with van der Waals surface area (Å²) in [7, 11) is 0. The number of esters is 1. The first-order chi connectivity index (χ1) is 10.3. The molecule has 0 saturated carbocycles. The average Bonchev–Trinajstić information content (AvgIpc) is 2.87. The summed E-state index contributed by atoms with van der Waals surface area (Å²) in [5, 5.41) is 2.11. The summed E-state index contributed by atoms with van der Waals surface area (Å²) in [5.41, 5.74) is -0.255. The van der Waals surface area contributed by atoms with Gasteiger partial charge in [-0.15, -0.1) is 0 Å².